The Morgan fingerprint density at radius 2 is 2.23 bits per heavy atom. The van der Waals surface area contributed by atoms with Crippen LogP contribution in [-0.4, -0.2) is 30.8 Å². The lowest BCUT2D eigenvalue weighted by molar-refractivity contribution is -0.126. The van der Waals surface area contributed by atoms with Gasteiger partial charge in [0.25, 0.3) is 0 Å². The van der Waals surface area contributed by atoms with Crippen molar-refractivity contribution in [2.45, 2.75) is 33.1 Å². The predicted molar refractivity (Wildman–Crippen MR) is 54.7 cm³/mol. The molecule has 1 aliphatic carbocycles. The predicted octanol–water partition coefficient (Wildman–Crippen LogP) is 1.94. The Morgan fingerprint density at radius 3 is 2.85 bits per heavy atom. The van der Waals surface area contributed by atoms with E-state index in [4.69, 9.17) is 0 Å². The average molecular weight is 183 g/mol. The van der Waals surface area contributed by atoms with Gasteiger partial charge in [-0.1, -0.05) is 13.8 Å². The molecule has 0 aromatic rings. The van der Waals surface area contributed by atoms with E-state index in [1.165, 1.54) is 0 Å². The van der Waals surface area contributed by atoms with E-state index in [0.717, 1.165) is 38.3 Å². The first kappa shape index (κ1) is 10.7. The molecule has 1 aliphatic rings. The third-order valence-electron chi connectivity index (χ3n) is 3.10. The lowest BCUT2D eigenvalue weighted by Gasteiger charge is -2.28. The van der Waals surface area contributed by atoms with Crippen molar-refractivity contribution >= 4 is 5.78 Å². The summed E-state index contributed by atoms with van der Waals surface area (Å²) in [6.45, 7) is 6.39. The first-order valence-electron chi connectivity index (χ1n) is 5.34. The quantitative estimate of drug-likeness (QED) is 0.666. The van der Waals surface area contributed by atoms with E-state index in [-0.39, 0.29) is 0 Å². The summed E-state index contributed by atoms with van der Waals surface area (Å²) < 4.78 is 0. The Bertz CT molecular complexity index is 179. The molecule has 13 heavy (non-hydrogen) atoms. The van der Waals surface area contributed by atoms with Crippen LogP contribution in [0, 0.1) is 11.8 Å². The van der Waals surface area contributed by atoms with Crippen LogP contribution in [0.15, 0.2) is 0 Å². The van der Waals surface area contributed by atoms with Gasteiger partial charge in [-0.2, -0.15) is 0 Å². The van der Waals surface area contributed by atoms with Crippen LogP contribution in [0.4, 0.5) is 0 Å². The van der Waals surface area contributed by atoms with Crippen LogP contribution in [0.2, 0.25) is 0 Å². The standard InChI is InChI=1S/C11H21NO/c1-4-12(3)8-10-7-9(2)5-6-11(10)13/h9-10H,4-8H2,1-3H3. The number of hydrogen-bond donors (Lipinski definition) is 0. The van der Waals surface area contributed by atoms with Crippen LogP contribution in [0.5, 0.6) is 0 Å². The molecule has 0 spiro atoms. The average Bonchev–Trinajstić information content (AvgIpc) is 2.11. The topological polar surface area (TPSA) is 20.3 Å². The minimum absolute atomic E-state index is 0.314. The summed E-state index contributed by atoms with van der Waals surface area (Å²) in [5.74, 6) is 1.54. The number of nitrogens with zero attached hydrogens (tertiary/aromatic N) is 1. The third kappa shape index (κ3) is 3.11. The van der Waals surface area contributed by atoms with Gasteiger partial charge >= 0.3 is 0 Å². The SMILES string of the molecule is CCN(C)CC1CC(C)CCC1=O. The van der Waals surface area contributed by atoms with E-state index in [0.29, 0.717) is 11.7 Å². The number of Topliss-reactive ketones (excluding diaryl/α,β-unsaturated/α-hetero) is 1. The Hall–Kier alpha value is -0.370. The maximum atomic E-state index is 11.6. The molecule has 0 saturated heterocycles. The Labute approximate surface area is 81.3 Å². The molecule has 1 fully saturated rings. The fraction of sp³-hybridized carbons (Fsp3) is 0.909. The Kier molecular flexibility index (Phi) is 3.91. The van der Waals surface area contributed by atoms with Gasteiger partial charge < -0.3 is 4.90 Å². The van der Waals surface area contributed by atoms with E-state index in [1.54, 1.807) is 0 Å². The lowest BCUT2D eigenvalue weighted by atomic mass is 9.81. The number of rotatable bonds is 3. The normalized spacial score (nSPS) is 29.7. The number of hydrogen-bond acceptors (Lipinski definition) is 2. The summed E-state index contributed by atoms with van der Waals surface area (Å²) in [6, 6.07) is 0. The van der Waals surface area contributed by atoms with Crippen molar-refractivity contribution in [3.63, 3.8) is 0 Å². The molecular formula is C11H21NO. The molecule has 0 bridgehead atoms. The molecule has 0 radical (unpaired) electrons. The molecule has 2 heteroatoms. The highest BCUT2D eigenvalue weighted by atomic mass is 16.1. The summed E-state index contributed by atoms with van der Waals surface area (Å²) in [4.78, 5) is 13.8. The first-order chi connectivity index (χ1) is 6.13. The Balaban J connectivity index is 2.42. The highest BCUT2D eigenvalue weighted by Crippen LogP contribution is 2.26. The molecule has 2 atom stereocenters. The summed E-state index contributed by atoms with van der Waals surface area (Å²) >= 11 is 0. The van der Waals surface area contributed by atoms with Crippen molar-refractivity contribution in [2.24, 2.45) is 11.8 Å². The van der Waals surface area contributed by atoms with Crippen molar-refractivity contribution in [2.75, 3.05) is 20.1 Å². The summed E-state index contributed by atoms with van der Waals surface area (Å²) in [6.07, 6.45) is 3.01. The smallest absolute Gasteiger partial charge is 0.137 e. The fourth-order valence-electron chi connectivity index (χ4n) is 2.01. The molecule has 0 heterocycles. The zero-order valence-electron chi connectivity index (χ0n) is 9.05. The molecule has 1 rings (SSSR count). The van der Waals surface area contributed by atoms with Crippen LogP contribution >= 0.6 is 0 Å². The van der Waals surface area contributed by atoms with Gasteiger partial charge in [0.1, 0.15) is 5.78 Å². The maximum Gasteiger partial charge on any atom is 0.137 e. The molecule has 2 unspecified atom stereocenters. The van der Waals surface area contributed by atoms with Crippen molar-refractivity contribution in [3.8, 4) is 0 Å². The van der Waals surface area contributed by atoms with Crippen LogP contribution in [0.25, 0.3) is 0 Å². The van der Waals surface area contributed by atoms with Crippen LogP contribution in [-0.2, 0) is 4.79 Å². The molecule has 0 aromatic heterocycles. The largest absolute Gasteiger partial charge is 0.306 e. The molecular weight excluding hydrogens is 162 g/mol. The molecule has 0 aromatic carbocycles. The van der Waals surface area contributed by atoms with Crippen molar-refractivity contribution < 1.29 is 4.79 Å². The highest BCUT2D eigenvalue weighted by Gasteiger charge is 2.26. The zero-order valence-corrected chi connectivity index (χ0v) is 9.05. The van der Waals surface area contributed by atoms with Gasteiger partial charge in [0.15, 0.2) is 0 Å². The van der Waals surface area contributed by atoms with Gasteiger partial charge in [0, 0.05) is 18.9 Å². The summed E-state index contributed by atoms with van der Waals surface area (Å²) in [5, 5.41) is 0. The molecule has 76 valence electrons. The second-order valence-corrected chi connectivity index (χ2v) is 4.40. The number of carbonyl (C=O) groups is 1. The molecule has 0 aliphatic heterocycles. The van der Waals surface area contributed by atoms with Gasteiger partial charge in [0.2, 0.25) is 0 Å². The van der Waals surface area contributed by atoms with E-state index < -0.39 is 0 Å². The van der Waals surface area contributed by atoms with Gasteiger partial charge in [-0.05, 0) is 32.4 Å². The van der Waals surface area contributed by atoms with E-state index in [9.17, 15) is 4.79 Å². The van der Waals surface area contributed by atoms with Crippen molar-refractivity contribution in [3.05, 3.63) is 0 Å². The summed E-state index contributed by atoms with van der Waals surface area (Å²) in [5.41, 5.74) is 0. The van der Waals surface area contributed by atoms with Gasteiger partial charge in [-0.3, -0.25) is 4.79 Å². The van der Waals surface area contributed by atoms with Crippen LogP contribution < -0.4 is 0 Å². The molecule has 1 saturated carbocycles. The second-order valence-electron chi connectivity index (χ2n) is 4.40. The monoisotopic (exact) mass is 183 g/mol. The lowest BCUT2D eigenvalue weighted by Crippen LogP contribution is -2.34. The number of ketones is 1. The van der Waals surface area contributed by atoms with Crippen molar-refractivity contribution in [1.29, 1.82) is 0 Å². The van der Waals surface area contributed by atoms with Gasteiger partial charge in [0.05, 0.1) is 0 Å². The van der Waals surface area contributed by atoms with E-state index in [2.05, 4.69) is 25.8 Å². The van der Waals surface area contributed by atoms with E-state index >= 15 is 0 Å². The van der Waals surface area contributed by atoms with E-state index in [1.807, 2.05) is 0 Å². The number of carbonyl (C=O) groups excluding carboxylic acids is 1. The minimum Gasteiger partial charge on any atom is -0.306 e. The van der Waals surface area contributed by atoms with Crippen LogP contribution in [0.1, 0.15) is 33.1 Å². The third-order valence-corrected chi connectivity index (χ3v) is 3.10. The summed E-state index contributed by atoms with van der Waals surface area (Å²) in [7, 11) is 2.09. The van der Waals surface area contributed by atoms with Crippen molar-refractivity contribution in [1.82, 2.24) is 4.90 Å². The van der Waals surface area contributed by atoms with Gasteiger partial charge in [-0.15, -0.1) is 0 Å². The molecule has 0 amide bonds. The minimum atomic E-state index is 0.314. The maximum absolute atomic E-state index is 11.6. The first-order valence-corrected chi connectivity index (χ1v) is 5.34. The molecule has 0 N–H and O–H groups in total. The Morgan fingerprint density at radius 1 is 1.54 bits per heavy atom. The molecule has 2 nitrogen and oxygen atoms in total. The zero-order chi connectivity index (χ0) is 9.84. The van der Waals surface area contributed by atoms with Crippen LogP contribution in [0.3, 0.4) is 0 Å². The fourth-order valence-corrected chi connectivity index (χ4v) is 2.01. The van der Waals surface area contributed by atoms with Gasteiger partial charge in [-0.25, -0.2) is 0 Å². The second kappa shape index (κ2) is 4.75. The highest BCUT2D eigenvalue weighted by molar-refractivity contribution is 5.81.